The van der Waals surface area contributed by atoms with Gasteiger partial charge in [0, 0.05) is 19.7 Å². The zero-order valence-corrected chi connectivity index (χ0v) is 13.3. The molecule has 0 amide bonds. The van der Waals surface area contributed by atoms with Crippen molar-refractivity contribution in [3.63, 3.8) is 0 Å². The standard InChI is InChI=1S/C14H23ClN4O2/c1-2-3-9-20-10-11-21-14-17-12(15)16-13(18-14)19-7-5-4-6-8-19/h2-11H2,1H3. The number of halogens is 1. The molecule has 1 saturated heterocycles. The summed E-state index contributed by atoms with van der Waals surface area (Å²) in [6.45, 7) is 5.76. The third kappa shape index (κ3) is 5.63. The second kappa shape index (κ2) is 9.00. The molecule has 7 heteroatoms. The van der Waals surface area contributed by atoms with Crippen molar-refractivity contribution < 1.29 is 9.47 Å². The highest BCUT2D eigenvalue weighted by atomic mass is 35.5. The number of anilines is 1. The van der Waals surface area contributed by atoms with Crippen molar-refractivity contribution in [1.29, 1.82) is 0 Å². The van der Waals surface area contributed by atoms with Gasteiger partial charge in [0.05, 0.1) is 6.61 Å². The average molecular weight is 315 g/mol. The first-order valence-electron chi connectivity index (χ1n) is 7.66. The maximum absolute atomic E-state index is 5.95. The van der Waals surface area contributed by atoms with Crippen LogP contribution in [0.15, 0.2) is 0 Å². The predicted octanol–water partition coefficient (Wildman–Crippen LogP) is 2.71. The Bertz CT molecular complexity index is 427. The van der Waals surface area contributed by atoms with Crippen LogP contribution < -0.4 is 9.64 Å². The van der Waals surface area contributed by atoms with E-state index in [1.165, 1.54) is 6.42 Å². The van der Waals surface area contributed by atoms with E-state index >= 15 is 0 Å². The lowest BCUT2D eigenvalue weighted by molar-refractivity contribution is 0.0947. The van der Waals surface area contributed by atoms with E-state index in [4.69, 9.17) is 21.1 Å². The fraction of sp³-hybridized carbons (Fsp3) is 0.786. The third-order valence-electron chi connectivity index (χ3n) is 3.32. The Balaban J connectivity index is 1.83. The number of piperidine rings is 1. The maximum atomic E-state index is 5.95. The molecule has 0 aliphatic carbocycles. The molecule has 0 atom stereocenters. The fourth-order valence-corrected chi connectivity index (χ4v) is 2.31. The van der Waals surface area contributed by atoms with Gasteiger partial charge in [-0.1, -0.05) is 13.3 Å². The van der Waals surface area contributed by atoms with Crippen molar-refractivity contribution >= 4 is 17.5 Å². The lowest BCUT2D eigenvalue weighted by Gasteiger charge is -2.26. The topological polar surface area (TPSA) is 60.4 Å². The van der Waals surface area contributed by atoms with E-state index in [1.807, 2.05) is 0 Å². The molecule has 0 saturated carbocycles. The summed E-state index contributed by atoms with van der Waals surface area (Å²) in [5.74, 6) is 0.608. The number of rotatable bonds is 8. The van der Waals surface area contributed by atoms with Gasteiger partial charge in [-0.15, -0.1) is 0 Å². The van der Waals surface area contributed by atoms with Crippen LogP contribution in [-0.4, -0.2) is 47.9 Å². The molecule has 1 aromatic rings. The molecular formula is C14H23ClN4O2. The predicted molar refractivity (Wildman–Crippen MR) is 82.1 cm³/mol. The van der Waals surface area contributed by atoms with E-state index in [0.717, 1.165) is 45.4 Å². The quantitative estimate of drug-likeness (QED) is 0.688. The van der Waals surface area contributed by atoms with Gasteiger partial charge in [0.2, 0.25) is 11.2 Å². The number of aromatic nitrogens is 3. The van der Waals surface area contributed by atoms with Gasteiger partial charge in [0.15, 0.2) is 0 Å². The molecule has 2 rings (SSSR count). The molecule has 0 N–H and O–H groups in total. The molecule has 0 radical (unpaired) electrons. The summed E-state index contributed by atoms with van der Waals surface area (Å²) >= 11 is 5.95. The van der Waals surface area contributed by atoms with Gasteiger partial charge in [-0.25, -0.2) is 0 Å². The van der Waals surface area contributed by atoms with Crippen LogP contribution in [0.1, 0.15) is 39.0 Å². The summed E-state index contributed by atoms with van der Waals surface area (Å²) in [6, 6.07) is 0.273. The first-order chi connectivity index (χ1) is 10.3. The molecule has 1 aliphatic rings. The molecule has 0 aromatic carbocycles. The zero-order chi connectivity index (χ0) is 14.9. The average Bonchev–Trinajstić information content (AvgIpc) is 2.51. The number of hydrogen-bond donors (Lipinski definition) is 0. The number of unbranched alkanes of at least 4 members (excludes halogenated alkanes) is 1. The Kier molecular flexibility index (Phi) is 6.95. The van der Waals surface area contributed by atoms with Crippen LogP contribution in [0.3, 0.4) is 0 Å². The maximum Gasteiger partial charge on any atom is 0.322 e. The molecule has 6 nitrogen and oxygen atoms in total. The van der Waals surface area contributed by atoms with Crippen LogP contribution in [0.5, 0.6) is 6.01 Å². The van der Waals surface area contributed by atoms with E-state index in [0.29, 0.717) is 19.2 Å². The largest absolute Gasteiger partial charge is 0.461 e. The molecule has 118 valence electrons. The van der Waals surface area contributed by atoms with Gasteiger partial charge in [0.1, 0.15) is 6.61 Å². The van der Waals surface area contributed by atoms with E-state index < -0.39 is 0 Å². The summed E-state index contributed by atoms with van der Waals surface area (Å²) in [5, 5.41) is 0.174. The molecule has 21 heavy (non-hydrogen) atoms. The molecule has 1 aliphatic heterocycles. The summed E-state index contributed by atoms with van der Waals surface area (Å²) in [6.07, 6.45) is 5.77. The molecular weight excluding hydrogens is 292 g/mol. The summed E-state index contributed by atoms with van der Waals surface area (Å²) < 4.78 is 10.9. The van der Waals surface area contributed by atoms with E-state index in [1.54, 1.807) is 0 Å². The smallest absolute Gasteiger partial charge is 0.322 e. The Morgan fingerprint density at radius 2 is 1.86 bits per heavy atom. The Morgan fingerprint density at radius 1 is 1.05 bits per heavy atom. The minimum Gasteiger partial charge on any atom is -0.461 e. The Hall–Kier alpha value is -1.14. The third-order valence-corrected chi connectivity index (χ3v) is 3.48. The van der Waals surface area contributed by atoms with Crippen molar-refractivity contribution in [3.8, 4) is 6.01 Å². The van der Waals surface area contributed by atoms with Gasteiger partial charge in [-0.05, 0) is 37.3 Å². The van der Waals surface area contributed by atoms with Crippen LogP contribution in [0.2, 0.25) is 5.28 Å². The highest BCUT2D eigenvalue weighted by molar-refractivity contribution is 6.28. The second-order valence-electron chi connectivity index (χ2n) is 5.05. The molecule has 1 aromatic heterocycles. The molecule has 0 spiro atoms. The van der Waals surface area contributed by atoms with Gasteiger partial charge in [-0.3, -0.25) is 0 Å². The molecule has 0 bridgehead atoms. The van der Waals surface area contributed by atoms with Crippen LogP contribution in [-0.2, 0) is 4.74 Å². The van der Waals surface area contributed by atoms with Crippen LogP contribution in [0.25, 0.3) is 0 Å². The SMILES string of the molecule is CCCCOCCOc1nc(Cl)nc(N2CCCCC2)n1. The van der Waals surface area contributed by atoms with Crippen molar-refractivity contribution in [3.05, 3.63) is 5.28 Å². The fourth-order valence-electron chi connectivity index (χ4n) is 2.16. The van der Waals surface area contributed by atoms with Crippen LogP contribution >= 0.6 is 11.6 Å². The highest BCUT2D eigenvalue weighted by Gasteiger charge is 2.16. The van der Waals surface area contributed by atoms with Crippen molar-refractivity contribution in [1.82, 2.24) is 15.0 Å². The molecule has 0 unspecified atom stereocenters. The number of hydrogen-bond acceptors (Lipinski definition) is 6. The zero-order valence-electron chi connectivity index (χ0n) is 12.6. The number of nitrogens with zero attached hydrogens (tertiary/aromatic N) is 4. The lowest BCUT2D eigenvalue weighted by Crippen LogP contribution is -2.31. The summed E-state index contributed by atoms with van der Waals surface area (Å²) in [5.41, 5.74) is 0. The first-order valence-corrected chi connectivity index (χ1v) is 8.04. The lowest BCUT2D eigenvalue weighted by atomic mass is 10.1. The van der Waals surface area contributed by atoms with Gasteiger partial charge in [0.25, 0.3) is 0 Å². The van der Waals surface area contributed by atoms with Gasteiger partial charge in [-0.2, -0.15) is 15.0 Å². The Labute approximate surface area is 130 Å². The van der Waals surface area contributed by atoms with E-state index in [9.17, 15) is 0 Å². The minimum absolute atomic E-state index is 0.174. The van der Waals surface area contributed by atoms with E-state index in [2.05, 4.69) is 26.8 Å². The first kappa shape index (κ1) is 16.2. The van der Waals surface area contributed by atoms with Crippen molar-refractivity contribution in [2.75, 3.05) is 37.8 Å². The number of ether oxygens (including phenoxy) is 2. The van der Waals surface area contributed by atoms with Crippen LogP contribution in [0, 0.1) is 0 Å². The summed E-state index contributed by atoms with van der Waals surface area (Å²) in [7, 11) is 0. The Morgan fingerprint density at radius 3 is 2.62 bits per heavy atom. The normalized spacial score (nSPS) is 15.2. The second-order valence-corrected chi connectivity index (χ2v) is 5.39. The van der Waals surface area contributed by atoms with E-state index in [-0.39, 0.29) is 11.3 Å². The van der Waals surface area contributed by atoms with Crippen molar-refractivity contribution in [2.24, 2.45) is 0 Å². The summed E-state index contributed by atoms with van der Waals surface area (Å²) in [4.78, 5) is 14.6. The van der Waals surface area contributed by atoms with Gasteiger partial charge < -0.3 is 14.4 Å². The minimum atomic E-state index is 0.174. The van der Waals surface area contributed by atoms with Crippen molar-refractivity contribution in [2.45, 2.75) is 39.0 Å². The monoisotopic (exact) mass is 314 g/mol. The van der Waals surface area contributed by atoms with Gasteiger partial charge >= 0.3 is 6.01 Å². The molecule has 2 heterocycles. The van der Waals surface area contributed by atoms with Crippen LogP contribution in [0.4, 0.5) is 5.95 Å². The highest BCUT2D eigenvalue weighted by Crippen LogP contribution is 2.19. The molecule has 1 fully saturated rings.